The highest BCUT2D eigenvalue weighted by atomic mass is 16.6. The van der Waals surface area contributed by atoms with Crippen molar-refractivity contribution in [2.24, 2.45) is 0 Å². The van der Waals surface area contributed by atoms with Gasteiger partial charge in [-0.25, -0.2) is 0 Å². The molecule has 0 spiro atoms. The number of rotatable bonds is 4. The minimum Gasteiger partial charge on any atom is -0.502 e. The minimum atomic E-state index is -0.618. The summed E-state index contributed by atoms with van der Waals surface area (Å²) in [6.45, 7) is 4.19. The Balaban J connectivity index is 3.00. The Bertz CT molecular complexity index is 390. The number of hydrogen-bond acceptors (Lipinski definition) is 4. The van der Waals surface area contributed by atoms with E-state index in [9.17, 15) is 15.2 Å². The highest BCUT2D eigenvalue weighted by molar-refractivity contribution is 5.58. The fourth-order valence-corrected chi connectivity index (χ4v) is 1.20. The van der Waals surface area contributed by atoms with Crippen molar-refractivity contribution in [2.45, 2.75) is 0 Å². The van der Waals surface area contributed by atoms with Crippen molar-refractivity contribution in [3.63, 3.8) is 0 Å². The van der Waals surface area contributed by atoms with E-state index in [1.807, 2.05) is 11.9 Å². The molecule has 1 aromatic rings. The first kappa shape index (κ1) is 11.0. The number of hydrogen-bond donors (Lipinski definition) is 1. The van der Waals surface area contributed by atoms with E-state index >= 15 is 0 Å². The third-order valence-electron chi connectivity index (χ3n) is 2.00. The number of likely N-dealkylation sites (N-methyl/N-ethyl adjacent to an activating group) is 1. The molecule has 0 aliphatic carbocycles. The molecule has 0 amide bonds. The summed E-state index contributed by atoms with van der Waals surface area (Å²) in [6, 6.07) is 4.23. The molecule has 0 saturated heterocycles. The molecule has 0 bridgehead atoms. The Morgan fingerprint density at radius 1 is 1.67 bits per heavy atom. The number of benzene rings is 1. The third-order valence-corrected chi connectivity index (χ3v) is 2.00. The number of anilines is 1. The second-order valence-electron chi connectivity index (χ2n) is 3.10. The number of nitro benzene ring substituents is 1. The zero-order valence-electron chi connectivity index (χ0n) is 8.38. The van der Waals surface area contributed by atoms with Gasteiger partial charge in [-0.2, -0.15) is 0 Å². The van der Waals surface area contributed by atoms with Crippen LogP contribution in [0.15, 0.2) is 30.9 Å². The van der Waals surface area contributed by atoms with E-state index in [1.54, 1.807) is 12.1 Å². The minimum absolute atomic E-state index is 0.286. The van der Waals surface area contributed by atoms with Gasteiger partial charge in [-0.3, -0.25) is 10.1 Å². The molecule has 1 N–H and O–H groups in total. The molecule has 0 aliphatic heterocycles. The summed E-state index contributed by atoms with van der Waals surface area (Å²) in [5.74, 6) is -0.326. The van der Waals surface area contributed by atoms with Gasteiger partial charge in [-0.15, -0.1) is 6.58 Å². The van der Waals surface area contributed by atoms with Gasteiger partial charge in [0.15, 0.2) is 5.75 Å². The normalized spacial score (nSPS) is 9.67. The van der Waals surface area contributed by atoms with Crippen molar-refractivity contribution in [1.29, 1.82) is 0 Å². The molecular formula is C10H12N2O3. The average Bonchev–Trinajstić information content (AvgIpc) is 2.17. The molecule has 0 unspecified atom stereocenters. The lowest BCUT2D eigenvalue weighted by molar-refractivity contribution is -0.385. The lowest BCUT2D eigenvalue weighted by atomic mass is 10.2. The van der Waals surface area contributed by atoms with Gasteiger partial charge in [0, 0.05) is 31.4 Å². The monoisotopic (exact) mass is 208 g/mol. The van der Waals surface area contributed by atoms with E-state index in [-0.39, 0.29) is 11.4 Å². The highest BCUT2D eigenvalue weighted by Crippen LogP contribution is 2.29. The van der Waals surface area contributed by atoms with Crippen LogP contribution in [0.3, 0.4) is 0 Å². The lowest BCUT2D eigenvalue weighted by Crippen LogP contribution is -2.16. The maximum Gasteiger partial charge on any atom is 0.310 e. The number of phenolic OH excluding ortho intramolecular Hbond substituents is 1. The summed E-state index contributed by atoms with van der Waals surface area (Å²) in [4.78, 5) is 11.6. The Morgan fingerprint density at radius 2 is 2.33 bits per heavy atom. The smallest absolute Gasteiger partial charge is 0.310 e. The van der Waals surface area contributed by atoms with Crippen molar-refractivity contribution in [2.75, 3.05) is 18.5 Å². The van der Waals surface area contributed by atoms with Gasteiger partial charge in [0.25, 0.3) is 0 Å². The number of aromatic hydroxyl groups is 1. The first-order valence-electron chi connectivity index (χ1n) is 4.35. The molecule has 0 radical (unpaired) electrons. The van der Waals surface area contributed by atoms with Crippen LogP contribution in [0.5, 0.6) is 5.75 Å². The highest BCUT2D eigenvalue weighted by Gasteiger charge is 2.13. The van der Waals surface area contributed by atoms with E-state index in [4.69, 9.17) is 0 Å². The summed E-state index contributed by atoms with van der Waals surface area (Å²) in [7, 11) is 1.81. The molecule has 0 aliphatic rings. The van der Waals surface area contributed by atoms with Crippen molar-refractivity contribution < 1.29 is 10.0 Å². The SMILES string of the molecule is C=CCN(C)c1ccc([N+](=O)[O-])c(O)c1. The van der Waals surface area contributed by atoms with Crippen molar-refractivity contribution in [3.05, 3.63) is 41.0 Å². The van der Waals surface area contributed by atoms with Crippen LogP contribution in [0, 0.1) is 10.1 Å². The molecule has 5 nitrogen and oxygen atoms in total. The van der Waals surface area contributed by atoms with Crippen LogP contribution in [0.4, 0.5) is 11.4 Å². The standard InChI is InChI=1S/C10H12N2O3/c1-3-6-11(2)8-4-5-9(12(14)15)10(13)7-8/h3-5,7,13H,1,6H2,2H3. The summed E-state index contributed by atoms with van der Waals surface area (Å²) in [6.07, 6.45) is 1.71. The molecule has 0 saturated carbocycles. The summed E-state index contributed by atoms with van der Waals surface area (Å²) in [5, 5.41) is 19.8. The maximum atomic E-state index is 10.4. The fraction of sp³-hybridized carbons (Fsp3) is 0.200. The van der Waals surface area contributed by atoms with Gasteiger partial charge in [0.2, 0.25) is 0 Å². The van der Waals surface area contributed by atoms with Crippen LogP contribution in [0.1, 0.15) is 0 Å². The van der Waals surface area contributed by atoms with E-state index in [2.05, 4.69) is 6.58 Å². The first-order chi connectivity index (χ1) is 7.06. The predicted octanol–water partition coefficient (Wildman–Crippen LogP) is 1.92. The van der Waals surface area contributed by atoms with E-state index < -0.39 is 4.92 Å². The van der Waals surface area contributed by atoms with E-state index in [0.717, 1.165) is 0 Å². The van der Waals surface area contributed by atoms with E-state index in [1.165, 1.54) is 12.1 Å². The van der Waals surface area contributed by atoms with Gasteiger partial charge >= 0.3 is 5.69 Å². The molecule has 0 fully saturated rings. The quantitative estimate of drug-likeness (QED) is 0.466. The van der Waals surface area contributed by atoms with Gasteiger partial charge in [-0.1, -0.05) is 6.08 Å². The number of nitro groups is 1. The Morgan fingerprint density at radius 3 is 2.80 bits per heavy atom. The van der Waals surface area contributed by atoms with Crippen LogP contribution in [-0.2, 0) is 0 Å². The van der Waals surface area contributed by atoms with Crippen molar-refractivity contribution >= 4 is 11.4 Å². The van der Waals surface area contributed by atoms with Crippen LogP contribution in [-0.4, -0.2) is 23.6 Å². The maximum absolute atomic E-state index is 10.4. The lowest BCUT2D eigenvalue weighted by Gasteiger charge is -2.16. The molecule has 0 heterocycles. The Hall–Kier alpha value is -2.04. The number of nitrogens with zero attached hydrogens (tertiary/aromatic N) is 2. The van der Waals surface area contributed by atoms with Crippen molar-refractivity contribution in [1.82, 2.24) is 0 Å². The molecule has 0 atom stereocenters. The molecule has 5 heteroatoms. The van der Waals surface area contributed by atoms with Crippen LogP contribution in [0.2, 0.25) is 0 Å². The largest absolute Gasteiger partial charge is 0.502 e. The third kappa shape index (κ3) is 2.46. The molecular weight excluding hydrogens is 196 g/mol. The molecule has 1 rings (SSSR count). The van der Waals surface area contributed by atoms with Gasteiger partial charge in [-0.05, 0) is 6.07 Å². The Kier molecular flexibility index (Phi) is 3.28. The topological polar surface area (TPSA) is 66.6 Å². The first-order valence-corrected chi connectivity index (χ1v) is 4.35. The summed E-state index contributed by atoms with van der Waals surface area (Å²) in [5.41, 5.74) is 0.420. The number of phenols is 1. The molecule has 80 valence electrons. The van der Waals surface area contributed by atoms with Gasteiger partial charge < -0.3 is 10.0 Å². The zero-order valence-corrected chi connectivity index (χ0v) is 8.38. The average molecular weight is 208 g/mol. The van der Waals surface area contributed by atoms with Crippen LogP contribution < -0.4 is 4.90 Å². The summed E-state index contributed by atoms with van der Waals surface area (Å²) >= 11 is 0. The van der Waals surface area contributed by atoms with Crippen LogP contribution >= 0.6 is 0 Å². The van der Waals surface area contributed by atoms with E-state index in [0.29, 0.717) is 12.2 Å². The fourth-order valence-electron chi connectivity index (χ4n) is 1.20. The van der Waals surface area contributed by atoms with Gasteiger partial charge in [0.1, 0.15) is 0 Å². The molecule has 0 aromatic heterocycles. The Labute approximate surface area is 87.4 Å². The zero-order chi connectivity index (χ0) is 11.4. The van der Waals surface area contributed by atoms with Gasteiger partial charge in [0.05, 0.1) is 4.92 Å². The van der Waals surface area contributed by atoms with Crippen LogP contribution in [0.25, 0.3) is 0 Å². The second kappa shape index (κ2) is 4.45. The molecule has 1 aromatic carbocycles. The second-order valence-corrected chi connectivity index (χ2v) is 3.10. The molecule has 15 heavy (non-hydrogen) atoms. The van der Waals surface area contributed by atoms with Crippen molar-refractivity contribution in [3.8, 4) is 5.75 Å². The predicted molar refractivity (Wildman–Crippen MR) is 58.2 cm³/mol. The summed E-state index contributed by atoms with van der Waals surface area (Å²) < 4.78 is 0.